The number of aryl methyl sites for hydroxylation is 1. The molecule has 1 aromatic heterocycles. The van der Waals surface area contributed by atoms with Crippen LogP contribution in [0.25, 0.3) is 0 Å². The van der Waals surface area contributed by atoms with E-state index in [0.29, 0.717) is 17.7 Å². The second-order valence-electron chi connectivity index (χ2n) is 7.70. The number of thioether (sulfide) groups is 1. The first-order chi connectivity index (χ1) is 13.7. The summed E-state index contributed by atoms with van der Waals surface area (Å²) in [6.07, 6.45) is 6.82. The lowest BCUT2D eigenvalue weighted by atomic mass is 9.94. The van der Waals surface area contributed by atoms with Gasteiger partial charge in [-0.3, -0.25) is 4.79 Å². The fourth-order valence-corrected chi connectivity index (χ4v) is 6.47. The molecule has 2 aromatic rings. The van der Waals surface area contributed by atoms with Gasteiger partial charge in [-0.25, -0.2) is 0 Å². The number of allylic oxidation sites excluding steroid dienone is 1. The normalized spacial score (nSPS) is 20.8. The predicted molar refractivity (Wildman–Crippen MR) is 121 cm³/mol. The summed E-state index contributed by atoms with van der Waals surface area (Å²) < 4.78 is 0. The number of hydrogen-bond donors (Lipinski definition) is 1. The highest BCUT2D eigenvalue weighted by Crippen LogP contribution is 2.39. The van der Waals surface area contributed by atoms with Crippen LogP contribution in [0.2, 0.25) is 0 Å². The Labute approximate surface area is 176 Å². The van der Waals surface area contributed by atoms with E-state index in [1.165, 1.54) is 28.8 Å². The standard InChI is InChI=1S/C23H28N2OS2/c1-16-12-13-27-20(16)15-25(14-17-8-4-3-5-9-17)23(26)21-18-10-6-7-11-19(18)28-22(21)24-2/h3-5,8-9,12-13,16,20,24H,6-7,10-11,14-15H2,1-2H3. The van der Waals surface area contributed by atoms with E-state index in [1.807, 2.05) is 24.9 Å². The summed E-state index contributed by atoms with van der Waals surface area (Å²) in [5.41, 5.74) is 3.42. The van der Waals surface area contributed by atoms with Crippen molar-refractivity contribution in [1.82, 2.24) is 4.90 Å². The van der Waals surface area contributed by atoms with Gasteiger partial charge >= 0.3 is 0 Å². The number of rotatable bonds is 6. The number of hydrogen-bond acceptors (Lipinski definition) is 4. The third-order valence-electron chi connectivity index (χ3n) is 5.74. The van der Waals surface area contributed by atoms with Crippen molar-refractivity contribution in [2.24, 2.45) is 5.92 Å². The zero-order valence-electron chi connectivity index (χ0n) is 16.6. The Balaban J connectivity index is 1.65. The Morgan fingerprint density at radius 1 is 1.21 bits per heavy atom. The topological polar surface area (TPSA) is 32.3 Å². The first-order valence-electron chi connectivity index (χ1n) is 10.1. The molecule has 1 aliphatic heterocycles. The number of amides is 1. The molecule has 2 atom stereocenters. The number of anilines is 1. The van der Waals surface area contributed by atoms with E-state index >= 15 is 0 Å². The molecule has 2 unspecified atom stereocenters. The molecule has 0 bridgehead atoms. The van der Waals surface area contributed by atoms with Crippen LogP contribution in [0.4, 0.5) is 5.00 Å². The zero-order chi connectivity index (χ0) is 19.5. The predicted octanol–water partition coefficient (Wildman–Crippen LogP) is 5.58. The monoisotopic (exact) mass is 412 g/mol. The van der Waals surface area contributed by atoms with Gasteiger partial charge in [0.25, 0.3) is 5.91 Å². The maximum Gasteiger partial charge on any atom is 0.257 e. The van der Waals surface area contributed by atoms with Crippen LogP contribution >= 0.6 is 23.1 Å². The minimum absolute atomic E-state index is 0.187. The van der Waals surface area contributed by atoms with E-state index in [2.05, 4.69) is 52.9 Å². The number of fused-ring (bicyclic) bond motifs is 1. The Bertz CT molecular complexity index is 859. The van der Waals surface area contributed by atoms with Crippen LogP contribution in [0.15, 0.2) is 41.8 Å². The number of nitrogens with zero attached hydrogens (tertiary/aromatic N) is 1. The fraction of sp³-hybridized carbons (Fsp3) is 0.435. The third kappa shape index (κ3) is 4.01. The molecule has 5 heteroatoms. The summed E-state index contributed by atoms with van der Waals surface area (Å²) in [6.45, 7) is 3.69. The Kier molecular flexibility index (Phi) is 6.12. The number of nitrogens with one attached hydrogen (secondary N) is 1. The van der Waals surface area contributed by atoms with E-state index in [-0.39, 0.29) is 5.91 Å². The van der Waals surface area contributed by atoms with E-state index in [4.69, 9.17) is 0 Å². The molecular formula is C23H28N2OS2. The minimum atomic E-state index is 0.187. The first kappa shape index (κ1) is 19.6. The van der Waals surface area contributed by atoms with Gasteiger partial charge in [0.1, 0.15) is 5.00 Å². The second-order valence-corrected chi connectivity index (χ2v) is 9.95. The molecule has 1 N–H and O–H groups in total. The third-order valence-corrected chi connectivity index (χ3v) is 8.29. The molecule has 0 radical (unpaired) electrons. The molecule has 3 nitrogen and oxygen atoms in total. The van der Waals surface area contributed by atoms with Crippen molar-refractivity contribution in [3.05, 3.63) is 63.4 Å². The van der Waals surface area contributed by atoms with Crippen molar-refractivity contribution < 1.29 is 4.79 Å². The maximum atomic E-state index is 13.8. The molecule has 0 spiro atoms. The van der Waals surface area contributed by atoms with Crippen LogP contribution in [0, 0.1) is 5.92 Å². The molecular weight excluding hydrogens is 384 g/mol. The van der Waals surface area contributed by atoms with Crippen LogP contribution < -0.4 is 5.32 Å². The van der Waals surface area contributed by atoms with Crippen molar-refractivity contribution in [2.75, 3.05) is 18.9 Å². The van der Waals surface area contributed by atoms with Crippen LogP contribution in [0.3, 0.4) is 0 Å². The van der Waals surface area contributed by atoms with Gasteiger partial charge in [-0.15, -0.1) is 23.1 Å². The van der Waals surface area contributed by atoms with Crippen molar-refractivity contribution in [1.29, 1.82) is 0 Å². The molecule has 4 rings (SSSR count). The number of thiophene rings is 1. The molecule has 1 amide bonds. The first-order valence-corrected chi connectivity index (χ1v) is 11.9. The van der Waals surface area contributed by atoms with Crippen molar-refractivity contribution >= 4 is 34.0 Å². The van der Waals surface area contributed by atoms with E-state index in [0.717, 1.165) is 30.0 Å². The lowest BCUT2D eigenvalue weighted by Crippen LogP contribution is -2.37. The van der Waals surface area contributed by atoms with Gasteiger partial charge in [0.15, 0.2) is 0 Å². The molecule has 2 aliphatic rings. The lowest BCUT2D eigenvalue weighted by Gasteiger charge is -2.28. The molecule has 148 valence electrons. The summed E-state index contributed by atoms with van der Waals surface area (Å²) in [5, 5.41) is 6.97. The van der Waals surface area contributed by atoms with Gasteiger partial charge in [0.05, 0.1) is 5.56 Å². The summed E-state index contributed by atoms with van der Waals surface area (Å²) in [7, 11) is 1.94. The van der Waals surface area contributed by atoms with E-state index in [9.17, 15) is 4.79 Å². The minimum Gasteiger partial charge on any atom is -0.379 e. The second kappa shape index (κ2) is 8.75. The van der Waals surface area contributed by atoms with Crippen molar-refractivity contribution in [2.45, 2.75) is 44.4 Å². The molecule has 1 aliphatic carbocycles. The quantitative estimate of drug-likeness (QED) is 0.672. The number of carbonyl (C=O) groups excluding carboxylic acids is 1. The summed E-state index contributed by atoms with van der Waals surface area (Å²) >= 11 is 3.64. The summed E-state index contributed by atoms with van der Waals surface area (Å²) in [4.78, 5) is 17.3. The Hall–Kier alpha value is -1.72. The smallest absolute Gasteiger partial charge is 0.257 e. The molecule has 0 saturated heterocycles. The lowest BCUT2D eigenvalue weighted by molar-refractivity contribution is 0.0740. The van der Waals surface area contributed by atoms with Gasteiger partial charge in [-0.1, -0.05) is 43.3 Å². The highest BCUT2D eigenvalue weighted by molar-refractivity contribution is 8.03. The molecule has 1 aromatic carbocycles. The maximum absolute atomic E-state index is 13.8. The van der Waals surface area contributed by atoms with Crippen molar-refractivity contribution in [3.63, 3.8) is 0 Å². The number of carbonyl (C=O) groups is 1. The molecule has 0 saturated carbocycles. The summed E-state index contributed by atoms with van der Waals surface area (Å²) in [6, 6.07) is 10.4. The highest BCUT2D eigenvalue weighted by Gasteiger charge is 2.31. The van der Waals surface area contributed by atoms with Gasteiger partial charge in [0.2, 0.25) is 0 Å². The van der Waals surface area contributed by atoms with Crippen molar-refractivity contribution in [3.8, 4) is 0 Å². The average molecular weight is 413 g/mol. The SMILES string of the molecule is CNc1sc2c(c1C(=O)N(Cc1ccccc1)CC1SC=CC1C)CCCC2. The van der Waals surface area contributed by atoms with Gasteiger partial charge in [-0.2, -0.15) is 0 Å². The molecule has 2 heterocycles. The summed E-state index contributed by atoms with van der Waals surface area (Å²) in [5.74, 6) is 0.684. The average Bonchev–Trinajstić information content (AvgIpc) is 3.30. The Morgan fingerprint density at radius 3 is 2.71 bits per heavy atom. The van der Waals surface area contributed by atoms with Crippen LogP contribution in [-0.2, 0) is 19.4 Å². The van der Waals surface area contributed by atoms with Crippen LogP contribution in [0.1, 0.15) is 46.1 Å². The van der Waals surface area contributed by atoms with E-state index < -0.39 is 0 Å². The highest BCUT2D eigenvalue weighted by atomic mass is 32.2. The largest absolute Gasteiger partial charge is 0.379 e. The van der Waals surface area contributed by atoms with Gasteiger partial charge in [-0.05, 0) is 48.1 Å². The zero-order valence-corrected chi connectivity index (χ0v) is 18.2. The van der Waals surface area contributed by atoms with E-state index in [1.54, 1.807) is 11.3 Å². The van der Waals surface area contributed by atoms with Gasteiger partial charge < -0.3 is 10.2 Å². The van der Waals surface area contributed by atoms with Gasteiger partial charge in [0, 0.05) is 30.3 Å². The fourth-order valence-electron chi connectivity index (χ4n) is 4.09. The van der Waals surface area contributed by atoms with Crippen LogP contribution in [-0.4, -0.2) is 29.6 Å². The van der Waals surface area contributed by atoms with Crippen LogP contribution in [0.5, 0.6) is 0 Å². The molecule has 0 fully saturated rings. The Morgan fingerprint density at radius 2 is 2.00 bits per heavy atom. The number of benzene rings is 1. The molecule has 28 heavy (non-hydrogen) atoms.